The van der Waals surface area contributed by atoms with Crippen LogP contribution >= 0.6 is 11.6 Å². The highest BCUT2D eigenvalue weighted by Crippen LogP contribution is 2.18. The van der Waals surface area contributed by atoms with Crippen LogP contribution in [0.3, 0.4) is 0 Å². The highest BCUT2D eigenvalue weighted by atomic mass is 35.5. The van der Waals surface area contributed by atoms with Gasteiger partial charge in [-0.1, -0.05) is 29.8 Å². The molecule has 1 N–H and O–H groups in total. The quantitative estimate of drug-likeness (QED) is 0.848. The summed E-state index contributed by atoms with van der Waals surface area (Å²) in [6.07, 6.45) is 0. The van der Waals surface area contributed by atoms with Gasteiger partial charge < -0.3 is 10.2 Å². The molecule has 2 nitrogen and oxygen atoms in total. The van der Waals surface area contributed by atoms with Crippen molar-refractivity contribution in [3.8, 4) is 0 Å². The molecule has 0 bridgehead atoms. The second-order valence-corrected chi connectivity index (χ2v) is 4.90. The molecule has 0 aliphatic carbocycles. The Morgan fingerprint density at radius 2 is 1.95 bits per heavy atom. The standard InChI is InChI=1S/C16H18ClFN2/c1-2-20(16-9-4-3-8-15(16)18)11-10-19-14-7-5-6-13(17)12-14/h3-9,12,19H,2,10-11H2,1H3. The summed E-state index contributed by atoms with van der Waals surface area (Å²) in [4.78, 5) is 2.01. The van der Waals surface area contributed by atoms with Crippen LogP contribution in [-0.2, 0) is 0 Å². The van der Waals surface area contributed by atoms with Gasteiger partial charge in [0.15, 0.2) is 0 Å². The van der Waals surface area contributed by atoms with Gasteiger partial charge in [-0.15, -0.1) is 0 Å². The second kappa shape index (κ2) is 7.15. The van der Waals surface area contributed by atoms with Crippen LogP contribution in [0.2, 0.25) is 5.02 Å². The minimum Gasteiger partial charge on any atom is -0.383 e. The summed E-state index contributed by atoms with van der Waals surface area (Å²) in [5.74, 6) is -0.183. The Morgan fingerprint density at radius 1 is 1.15 bits per heavy atom. The van der Waals surface area contributed by atoms with Crippen LogP contribution in [0.5, 0.6) is 0 Å². The summed E-state index contributed by atoms with van der Waals surface area (Å²) < 4.78 is 13.8. The highest BCUT2D eigenvalue weighted by molar-refractivity contribution is 6.30. The first-order valence-electron chi connectivity index (χ1n) is 6.69. The van der Waals surface area contributed by atoms with Crippen molar-refractivity contribution < 1.29 is 4.39 Å². The van der Waals surface area contributed by atoms with E-state index in [1.54, 1.807) is 12.1 Å². The third kappa shape index (κ3) is 3.87. The van der Waals surface area contributed by atoms with Crippen molar-refractivity contribution in [3.05, 3.63) is 59.4 Å². The summed E-state index contributed by atoms with van der Waals surface area (Å²) in [6, 6.07) is 14.4. The average Bonchev–Trinajstić information content (AvgIpc) is 2.45. The first-order chi connectivity index (χ1) is 9.70. The molecule has 106 valence electrons. The lowest BCUT2D eigenvalue weighted by atomic mass is 10.2. The zero-order chi connectivity index (χ0) is 14.4. The predicted molar refractivity (Wildman–Crippen MR) is 84.2 cm³/mol. The lowest BCUT2D eigenvalue weighted by molar-refractivity contribution is 0.619. The Hall–Kier alpha value is -1.74. The van der Waals surface area contributed by atoms with E-state index in [4.69, 9.17) is 11.6 Å². The van der Waals surface area contributed by atoms with E-state index < -0.39 is 0 Å². The molecule has 0 unspecified atom stereocenters. The topological polar surface area (TPSA) is 15.3 Å². The largest absolute Gasteiger partial charge is 0.383 e. The fraction of sp³-hybridized carbons (Fsp3) is 0.250. The zero-order valence-electron chi connectivity index (χ0n) is 11.4. The van der Waals surface area contributed by atoms with Crippen LogP contribution in [0.4, 0.5) is 15.8 Å². The molecular formula is C16H18ClFN2. The third-order valence-electron chi connectivity index (χ3n) is 3.11. The van der Waals surface area contributed by atoms with Gasteiger partial charge in [0, 0.05) is 30.3 Å². The van der Waals surface area contributed by atoms with Crippen LogP contribution in [0.15, 0.2) is 48.5 Å². The number of benzene rings is 2. The summed E-state index contributed by atoms with van der Waals surface area (Å²) in [6.45, 7) is 4.23. The lowest BCUT2D eigenvalue weighted by Gasteiger charge is -2.24. The molecule has 0 amide bonds. The van der Waals surface area contributed by atoms with Crippen LogP contribution in [-0.4, -0.2) is 19.6 Å². The highest BCUT2D eigenvalue weighted by Gasteiger charge is 2.08. The molecule has 0 fully saturated rings. The second-order valence-electron chi connectivity index (χ2n) is 4.47. The molecule has 2 aromatic carbocycles. The van der Waals surface area contributed by atoms with Crippen molar-refractivity contribution in [2.45, 2.75) is 6.92 Å². The number of rotatable bonds is 6. The van der Waals surface area contributed by atoms with Crippen LogP contribution in [0, 0.1) is 5.82 Å². The van der Waals surface area contributed by atoms with Gasteiger partial charge in [-0.2, -0.15) is 0 Å². The number of nitrogens with zero attached hydrogens (tertiary/aromatic N) is 1. The fourth-order valence-electron chi connectivity index (χ4n) is 2.09. The molecule has 2 rings (SSSR count). The van der Waals surface area contributed by atoms with Crippen molar-refractivity contribution in [1.82, 2.24) is 0 Å². The van der Waals surface area contributed by atoms with Crippen LogP contribution < -0.4 is 10.2 Å². The van der Waals surface area contributed by atoms with Crippen molar-refractivity contribution in [1.29, 1.82) is 0 Å². The van der Waals surface area contributed by atoms with E-state index in [0.717, 1.165) is 25.3 Å². The molecule has 0 aliphatic rings. The molecule has 0 radical (unpaired) electrons. The monoisotopic (exact) mass is 292 g/mol. The molecule has 20 heavy (non-hydrogen) atoms. The van der Waals surface area contributed by atoms with Gasteiger partial charge in [-0.25, -0.2) is 4.39 Å². The fourth-order valence-corrected chi connectivity index (χ4v) is 2.28. The van der Waals surface area contributed by atoms with E-state index in [1.807, 2.05) is 42.2 Å². The maximum absolute atomic E-state index is 13.8. The number of likely N-dealkylation sites (N-methyl/N-ethyl adjacent to an activating group) is 1. The van der Waals surface area contributed by atoms with Gasteiger partial charge in [-0.05, 0) is 37.3 Å². The molecule has 0 aromatic heterocycles. The molecule has 0 atom stereocenters. The van der Waals surface area contributed by atoms with Crippen LogP contribution in [0.25, 0.3) is 0 Å². The number of para-hydroxylation sites is 1. The molecule has 0 spiro atoms. The Bertz CT molecular complexity index is 560. The molecular weight excluding hydrogens is 275 g/mol. The van der Waals surface area contributed by atoms with Gasteiger partial charge in [0.05, 0.1) is 5.69 Å². The Labute approximate surface area is 124 Å². The van der Waals surface area contributed by atoms with Crippen molar-refractivity contribution in [2.24, 2.45) is 0 Å². The SMILES string of the molecule is CCN(CCNc1cccc(Cl)c1)c1ccccc1F. The average molecular weight is 293 g/mol. The Kier molecular flexibility index (Phi) is 5.24. The zero-order valence-corrected chi connectivity index (χ0v) is 12.2. The van der Waals surface area contributed by atoms with Gasteiger partial charge in [-0.3, -0.25) is 0 Å². The minimum absolute atomic E-state index is 0.183. The predicted octanol–water partition coefficient (Wildman–Crippen LogP) is 4.42. The smallest absolute Gasteiger partial charge is 0.146 e. The molecule has 0 heterocycles. The number of halogens is 2. The first-order valence-corrected chi connectivity index (χ1v) is 7.07. The Balaban J connectivity index is 1.93. The normalized spacial score (nSPS) is 10.3. The molecule has 2 aromatic rings. The number of hydrogen-bond donors (Lipinski definition) is 1. The van der Waals surface area contributed by atoms with Gasteiger partial charge in [0.1, 0.15) is 5.82 Å². The van der Waals surface area contributed by atoms with E-state index in [2.05, 4.69) is 5.32 Å². The molecule has 0 saturated heterocycles. The molecule has 0 aliphatic heterocycles. The third-order valence-corrected chi connectivity index (χ3v) is 3.35. The molecule has 0 saturated carbocycles. The van der Waals surface area contributed by atoms with Gasteiger partial charge >= 0.3 is 0 Å². The summed E-state index contributed by atoms with van der Waals surface area (Å²) in [7, 11) is 0. The minimum atomic E-state index is -0.183. The number of anilines is 2. The van der Waals surface area contributed by atoms with Crippen molar-refractivity contribution >= 4 is 23.0 Å². The van der Waals surface area contributed by atoms with Crippen molar-refractivity contribution in [2.75, 3.05) is 29.9 Å². The molecule has 4 heteroatoms. The lowest BCUT2D eigenvalue weighted by Crippen LogP contribution is -2.29. The van der Waals surface area contributed by atoms with Gasteiger partial charge in [0.25, 0.3) is 0 Å². The van der Waals surface area contributed by atoms with E-state index in [1.165, 1.54) is 6.07 Å². The van der Waals surface area contributed by atoms with E-state index in [9.17, 15) is 4.39 Å². The number of nitrogens with one attached hydrogen (secondary N) is 1. The van der Waals surface area contributed by atoms with E-state index in [0.29, 0.717) is 10.7 Å². The maximum Gasteiger partial charge on any atom is 0.146 e. The summed E-state index contributed by atoms with van der Waals surface area (Å²) in [5.41, 5.74) is 1.62. The summed E-state index contributed by atoms with van der Waals surface area (Å²) >= 11 is 5.93. The Morgan fingerprint density at radius 3 is 2.65 bits per heavy atom. The summed E-state index contributed by atoms with van der Waals surface area (Å²) in [5, 5.41) is 4.00. The van der Waals surface area contributed by atoms with Gasteiger partial charge in [0.2, 0.25) is 0 Å². The van der Waals surface area contributed by atoms with Crippen LogP contribution in [0.1, 0.15) is 6.92 Å². The first kappa shape index (κ1) is 14.7. The number of hydrogen-bond acceptors (Lipinski definition) is 2. The van der Waals surface area contributed by atoms with E-state index >= 15 is 0 Å². The van der Waals surface area contributed by atoms with E-state index in [-0.39, 0.29) is 5.82 Å². The maximum atomic E-state index is 13.8. The van der Waals surface area contributed by atoms with Crippen molar-refractivity contribution in [3.63, 3.8) is 0 Å².